The maximum Gasteiger partial charge on any atom is 0.168 e. The largest absolute Gasteiger partial charge is 0.354 e. The average molecular weight is 411 g/mol. The number of fused-ring (bicyclic) bond motifs is 1. The molecule has 0 spiro atoms. The van der Waals surface area contributed by atoms with Crippen LogP contribution in [0.1, 0.15) is 0 Å². The summed E-state index contributed by atoms with van der Waals surface area (Å²) in [5.41, 5.74) is 0.727. The molecule has 0 unspecified atom stereocenters. The van der Waals surface area contributed by atoms with Crippen LogP contribution >= 0.6 is 0 Å². The summed E-state index contributed by atoms with van der Waals surface area (Å²) < 4.78 is 43.5. The molecule has 7 nitrogen and oxygen atoms in total. The molecule has 1 aliphatic heterocycles. The molecule has 0 saturated carbocycles. The van der Waals surface area contributed by atoms with Gasteiger partial charge in [0.2, 0.25) is 0 Å². The smallest absolute Gasteiger partial charge is 0.168 e. The summed E-state index contributed by atoms with van der Waals surface area (Å²) in [7, 11) is 0. The van der Waals surface area contributed by atoms with E-state index in [1.165, 1.54) is 17.1 Å². The van der Waals surface area contributed by atoms with Crippen LogP contribution < -0.4 is 10.2 Å². The van der Waals surface area contributed by atoms with Crippen LogP contribution in [0.5, 0.6) is 0 Å². The van der Waals surface area contributed by atoms with Gasteiger partial charge in [0.1, 0.15) is 29.3 Å². The second-order valence-corrected chi connectivity index (χ2v) is 6.83. The van der Waals surface area contributed by atoms with E-state index >= 15 is 0 Å². The van der Waals surface area contributed by atoms with Gasteiger partial charge in [-0.1, -0.05) is 0 Å². The molecule has 0 atom stereocenters. The molecule has 0 bridgehead atoms. The molecule has 1 aromatic carbocycles. The SMILES string of the molecule is Fc1cc(F)c(-c2nc3ccc(N4CCNCC4)nc3n2-c2ccncn2)cc1F. The molecule has 1 aliphatic rings. The number of halogens is 3. The van der Waals surface area contributed by atoms with Crippen LogP contribution in [0.4, 0.5) is 19.0 Å². The van der Waals surface area contributed by atoms with Gasteiger partial charge < -0.3 is 10.2 Å². The lowest BCUT2D eigenvalue weighted by Gasteiger charge is -2.28. The van der Waals surface area contributed by atoms with E-state index in [0.29, 0.717) is 23.0 Å². The minimum absolute atomic E-state index is 0.0741. The summed E-state index contributed by atoms with van der Waals surface area (Å²) in [5.74, 6) is -2.15. The van der Waals surface area contributed by atoms with Gasteiger partial charge in [0.05, 0.1) is 5.56 Å². The molecule has 10 heteroatoms. The quantitative estimate of drug-likeness (QED) is 0.523. The maximum atomic E-state index is 14.6. The van der Waals surface area contributed by atoms with Crippen molar-refractivity contribution in [3.05, 3.63) is 60.3 Å². The number of nitrogens with zero attached hydrogens (tertiary/aromatic N) is 6. The van der Waals surface area contributed by atoms with Gasteiger partial charge in [-0.25, -0.2) is 33.1 Å². The molecule has 1 N–H and O–H groups in total. The van der Waals surface area contributed by atoms with E-state index in [-0.39, 0.29) is 11.4 Å². The first-order valence-corrected chi connectivity index (χ1v) is 9.38. The Bertz CT molecular complexity index is 1220. The van der Waals surface area contributed by atoms with Crippen molar-refractivity contribution in [3.8, 4) is 17.2 Å². The maximum absolute atomic E-state index is 14.6. The average Bonchev–Trinajstić information content (AvgIpc) is 3.16. The molecule has 30 heavy (non-hydrogen) atoms. The van der Waals surface area contributed by atoms with E-state index in [1.807, 2.05) is 6.07 Å². The Morgan fingerprint density at radius 3 is 2.43 bits per heavy atom. The van der Waals surface area contributed by atoms with Crippen molar-refractivity contribution in [1.82, 2.24) is 29.8 Å². The lowest BCUT2D eigenvalue weighted by Crippen LogP contribution is -2.43. The van der Waals surface area contributed by atoms with Crippen LogP contribution in [0, 0.1) is 17.5 Å². The van der Waals surface area contributed by atoms with Crippen LogP contribution in [-0.2, 0) is 0 Å². The Morgan fingerprint density at radius 2 is 1.67 bits per heavy atom. The highest BCUT2D eigenvalue weighted by Gasteiger charge is 2.22. The molecule has 4 heterocycles. The molecule has 3 aromatic heterocycles. The van der Waals surface area contributed by atoms with E-state index in [4.69, 9.17) is 4.98 Å². The van der Waals surface area contributed by atoms with Crippen molar-refractivity contribution in [3.63, 3.8) is 0 Å². The second-order valence-electron chi connectivity index (χ2n) is 6.83. The van der Waals surface area contributed by atoms with Gasteiger partial charge >= 0.3 is 0 Å². The number of imidazole rings is 1. The zero-order valence-corrected chi connectivity index (χ0v) is 15.7. The summed E-state index contributed by atoms with van der Waals surface area (Å²) in [6, 6.07) is 6.53. The first-order valence-electron chi connectivity index (χ1n) is 9.38. The molecule has 0 amide bonds. The van der Waals surface area contributed by atoms with E-state index in [9.17, 15) is 13.2 Å². The fourth-order valence-corrected chi connectivity index (χ4v) is 3.52. The van der Waals surface area contributed by atoms with E-state index in [2.05, 4.69) is 25.2 Å². The summed E-state index contributed by atoms with van der Waals surface area (Å²) >= 11 is 0. The molecular formula is C20H16F3N7. The van der Waals surface area contributed by atoms with E-state index in [0.717, 1.165) is 38.1 Å². The second kappa shape index (κ2) is 7.38. The third-order valence-corrected chi connectivity index (χ3v) is 4.98. The summed E-state index contributed by atoms with van der Waals surface area (Å²) in [6.07, 6.45) is 2.87. The third kappa shape index (κ3) is 3.14. The Hall–Kier alpha value is -3.53. The topological polar surface area (TPSA) is 71.8 Å². The van der Waals surface area contributed by atoms with Gasteiger partial charge in [0.15, 0.2) is 23.1 Å². The van der Waals surface area contributed by atoms with Crippen molar-refractivity contribution < 1.29 is 13.2 Å². The Balaban J connectivity index is 1.75. The van der Waals surface area contributed by atoms with Crippen LogP contribution in [0.3, 0.4) is 0 Å². The summed E-state index contributed by atoms with van der Waals surface area (Å²) in [5, 5.41) is 3.29. The number of nitrogens with one attached hydrogen (secondary N) is 1. The summed E-state index contributed by atoms with van der Waals surface area (Å²) in [4.78, 5) is 19.5. The van der Waals surface area contributed by atoms with Gasteiger partial charge in [-0.3, -0.25) is 4.57 Å². The van der Waals surface area contributed by atoms with E-state index < -0.39 is 17.5 Å². The number of pyridine rings is 1. The van der Waals surface area contributed by atoms with Gasteiger partial charge in [-0.05, 0) is 24.3 Å². The monoisotopic (exact) mass is 411 g/mol. The molecule has 0 aliphatic carbocycles. The molecule has 5 rings (SSSR count). The standard InChI is InChI=1S/C20H16F3N7/c21-13-10-15(23)14(22)9-12(13)19-27-16-1-2-18(29-7-5-24-6-8-29)28-20(16)30(19)17-3-4-25-11-26-17/h1-4,9-11,24H,5-8H2. The van der Waals surface area contributed by atoms with Crippen LogP contribution in [-0.4, -0.2) is 50.7 Å². The van der Waals surface area contributed by atoms with Crippen LogP contribution in [0.2, 0.25) is 0 Å². The Morgan fingerprint density at radius 1 is 0.867 bits per heavy atom. The molecule has 1 fully saturated rings. The van der Waals surface area contributed by atoms with Gasteiger partial charge in [0.25, 0.3) is 0 Å². The van der Waals surface area contributed by atoms with Crippen molar-refractivity contribution in [2.75, 3.05) is 31.1 Å². The zero-order valence-electron chi connectivity index (χ0n) is 15.7. The summed E-state index contributed by atoms with van der Waals surface area (Å²) in [6.45, 7) is 3.28. The van der Waals surface area contributed by atoms with Gasteiger partial charge in [0, 0.05) is 38.4 Å². The molecule has 152 valence electrons. The molecule has 1 saturated heterocycles. The minimum Gasteiger partial charge on any atom is -0.354 e. The number of rotatable bonds is 3. The predicted molar refractivity (Wildman–Crippen MR) is 105 cm³/mol. The highest BCUT2D eigenvalue weighted by atomic mass is 19.2. The van der Waals surface area contributed by atoms with Crippen LogP contribution in [0.15, 0.2) is 42.9 Å². The van der Waals surface area contributed by atoms with E-state index in [1.54, 1.807) is 12.1 Å². The van der Waals surface area contributed by atoms with Crippen molar-refractivity contribution >= 4 is 17.0 Å². The third-order valence-electron chi connectivity index (χ3n) is 4.98. The lowest BCUT2D eigenvalue weighted by molar-refractivity contribution is 0.496. The Kier molecular flexibility index (Phi) is 4.55. The number of aromatic nitrogens is 5. The number of piperazine rings is 1. The molecule has 4 aromatic rings. The van der Waals surface area contributed by atoms with Gasteiger partial charge in [-0.15, -0.1) is 0 Å². The number of benzene rings is 1. The van der Waals surface area contributed by atoms with Gasteiger partial charge in [-0.2, -0.15) is 0 Å². The molecule has 0 radical (unpaired) electrons. The minimum atomic E-state index is -1.26. The number of hydrogen-bond donors (Lipinski definition) is 1. The van der Waals surface area contributed by atoms with Crippen molar-refractivity contribution in [2.45, 2.75) is 0 Å². The van der Waals surface area contributed by atoms with Crippen molar-refractivity contribution in [1.29, 1.82) is 0 Å². The van der Waals surface area contributed by atoms with Crippen molar-refractivity contribution in [2.24, 2.45) is 0 Å². The zero-order chi connectivity index (χ0) is 20.7. The fourth-order valence-electron chi connectivity index (χ4n) is 3.52. The van der Waals surface area contributed by atoms with Crippen LogP contribution in [0.25, 0.3) is 28.4 Å². The number of anilines is 1. The highest BCUT2D eigenvalue weighted by Crippen LogP contribution is 2.31. The first-order chi connectivity index (χ1) is 14.6. The lowest BCUT2D eigenvalue weighted by atomic mass is 10.2. The fraction of sp³-hybridized carbons (Fsp3) is 0.200. The molecular weight excluding hydrogens is 395 g/mol. The number of hydrogen-bond acceptors (Lipinski definition) is 6. The highest BCUT2D eigenvalue weighted by molar-refractivity contribution is 5.81. The predicted octanol–water partition coefficient (Wildman–Crippen LogP) is 2.70. The Labute approximate surface area is 169 Å². The normalized spacial score (nSPS) is 14.4. The first kappa shape index (κ1) is 18.5.